The molecular formula is C17H21N3O2. The summed E-state index contributed by atoms with van der Waals surface area (Å²) in [7, 11) is 0. The number of aromatic nitrogens is 2. The first-order valence-electron chi connectivity index (χ1n) is 7.74. The van der Waals surface area contributed by atoms with Gasteiger partial charge in [-0.2, -0.15) is 5.10 Å². The molecular weight excluding hydrogens is 278 g/mol. The maximum absolute atomic E-state index is 12.3. The first-order valence-corrected chi connectivity index (χ1v) is 7.74. The number of nitrogens with zero attached hydrogens (tertiary/aromatic N) is 2. The number of benzene rings is 1. The first-order chi connectivity index (χ1) is 10.6. The standard InChI is InChI=1S/C17H21N3O2/c1-12-10-18-20(11-12)14-8-6-13(7-9-14)17(22)19-15-4-2-3-5-16(15)21/h6-11,15-16,21H,2-5H2,1H3,(H,19,22). The maximum Gasteiger partial charge on any atom is 0.251 e. The molecule has 3 rings (SSSR count). The predicted octanol–water partition coefficient (Wildman–Crippen LogP) is 2.21. The Morgan fingerprint density at radius 2 is 2.00 bits per heavy atom. The zero-order valence-corrected chi connectivity index (χ0v) is 12.7. The fraction of sp³-hybridized carbons (Fsp3) is 0.412. The molecule has 0 saturated heterocycles. The van der Waals surface area contributed by atoms with Crippen LogP contribution in [0.25, 0.3) is 5.69 Å². The van der Waals surface area contributed by atoms with E-state index in [1.54, 1.807) is 23.0 Å². The molecule has 2 atom stereocenters. The second-order valence-corrected chi connectivity index (χ2v) is 5.94. The van der Waals surface area contributed by atoms with Crippen LogP contribution in [0.2, 0.25) is 0 Å². The number of nitrogens with one attached hydrogen (secondary N) is 1. The Labute approximate surface area is 130 Å². The van der Waals surface area contributed by atoms with Crippen LogP contribution in [-0.2, 0) is 0 Å². The van der Waals surface area contributed by atoms with Gasteiger partial charge in [-0.1, -0.05) is 12.8 Å². The summed E-state index contributed by atoms with van der Waals surface area (Å²) in [6, 6.07) is 7.19. The molecule has 2 aromatic rings. The summed E-state index contributed by atoms with van der Waals surface area (Å²) in [6.07, 6.45) is 7.01. The van der Waals surface area contributed by atoms with Crippen LogP contribution in [0.4, 0.5) is 0 Å². The Balaban J connectivity index is 1.68. The minimum Gasteiger partial charge on any atom is -0.391 e. The summed E-state index contributed by atoms with van der Waals surface area (Å²) in [6.45, 7) is 1.99. The number of aliphatic hydroxyl groups is 1. The minimum absolute atomic E-state index is 0.130. The number of amides is 1. The Hall–Kier alpha value is -2.14. The van der Waals surface area contributed by atoms with E-state index in [4.69, 9.17) is 0 Å². The van der Waals surface area contributed by atoms with Crippen molar-refractivity contribution in [1.29, 1.82) is 0 Å². The molecule has 0 spiro atoms. The van der Waals surface area contributed by atoms with E-state index >= 15 is 0 Å². The van der Waals surface area contributed by atoms with Gasteiger partial charge in [-0.3, -0.25) is 4.79 Å². The molecule has 1 amide bonds. The van der Waals surface area contributed by atoms with Crippen LogP contribution >= 0.6 is 0 Å². The highest BCUT2D eigenvalue weighted by molar-refractivity contribution is 5.94. The van der Waals surface area contributed by atoms with E-state index < -0.39 is 6.10 Å². The molecule has 1 aromatic heterocycles. The average Bonchev–Trinajstić information content (AvgIpc) is 2.96. The predicted molar refractivity (Wildman–Crippen MR) is 84.0 cm³/mol. The lowest BCUT2D eigenvalue weighted by Crippen LogP contribution is -2.45. The normalized spacial score (nSPS) is 21.5. The van der Waals surface area contributed by atoms with Gasteiger partial charge in [-0.15, -0.1) is 0 Å². The Morgan fingerprint density at radius 1 is 1.27 bits per heavy atom. The third kappa shape index (κ3) is 3.20. The lowest BCUT2D eigenvalue weighted by Gasteiger charge is -2.28. The van der Waals surface area contributed by atoms with Gasteiger partial charge in [0, 0.05) is 11.8 Å². The monoisotopic (exact) mass is 299 g/mol. The lowest BCUT2D eigenvalue weighted by molar-refractivity contribution is 0.0717. The second-order valence-electron chi connectivity index (χ2n) is 5.94. The Bertz CT molecular complexity index is 648. The van der Waals surface area contributed by atoms with Gasteiger partial charge in [0.15, 0.2) is 0 Å². The van der Waals surface area contributed by atoms with Crippen molar-refractivity contribution in [3.8, 4) is 5.69 Å². The summed E-state index contributed by atoms with van der Waals surface area (Å²) in [5, 5.41) is 17.1. The van der Waals surface area contributed by atoms with E-state index in [2.05, 4.69) is 10.4 Å². The van der Waals surface area contributed by atoms with E-state index in [1.807, 2.05) is 25.3 Å². The van der Waals surface area contributed by atoms with Gasteiger partial charge in [-0.25, -0.2) is 4.68 Å². The Morgan fingerprint density at radius 3 is 2.64 bits per heavy atom. The van der Waals surface area contributed by atoms with Crippen molar-refractivity contribution >= 4 is 5.91 Å². The molecule has 1 fully saturated rings. The van der Waals surface area contributed by atoms with Gasteiger partial charge in [0.1, 0.15) is 0 Å². The van der Waals surface area contributed by atoms with Gasteiger partial charge >= 0.3 is 0 Å². The number of hydrogen-bond donors (Lipinski definition) is 2. The van der Waals surface area contributed by atoms with Crippen LogP contribution < -0.4 is 5.32 Å². The third-order valence-corrected chi connectivity index (χ3v) is 4.15. The quantitative estimate of drug-likeness (QED) is 0.913. The van der Waals surface area contributed by atoms with Crippen molar-refractivity contribution in [2.45, 2.75) is 44.8 Å². The van der Waals surface area contributed by atoms with Crippen molar-refractivity contribution < 1.29 is 9.90 Å². The number of carbonyl (C=O) groups is 1. The minimum atomic E-state index is -0.427. The van der Waals surface area contributed by atoms with E-state index in [0.717, 1.165) is 36.9 Å². The second kappa shape index (κ2) is 6.32. The van der Waals surface area contributed by atoms with Crippen molar-refractivity contribution in [3.05, 3.63) is 47.8 Å². The molecule has 1 saturated carbocycles. The highest BCUT2D eigenvalue weighted by atomic mass is 16.3. The fourth-order valence-corrected chi connectivity index (χ4v) is 2.85. The molecule has 2 unspecified atom stereocenters. The average molecular weight is 299 g/mol. The summed E-state index contributed by atoms with van der Waals surface area (Å²) >= 11 is 0. The van der Waals surface area contributed by atoms with E-state index in [1.165, 1.54) is 0 Å². The molecule has 0 radical (unpaired) electrons. The van der Waals surface area contributed by atoms with Crippen LogP contribution in [0.1, 0.15) is 41.6 Å². The van der Waals surface area contributed by atoms with E-state index in [-0.39, 0.29) is 11.9 Å². The molecule has 0 aliphatic heterocycles. The zero-order valence-electron chi connectivity index (χ0n) is 12.7. The highest BCUT2D eigenvalue weighted by Gasteiger charge is 2.24. The van der Waals surface area contributed by atoms with Crippen LogP contribution in [0, 0.1) is 6.92 Å². The van der Waals surface area contributed by atoms with Gasteiger partial charge in [0.25, 0.3) is 5.91 Å². The third-order valence-electron chi connectivity index (χ3n) is 4.15. The molecule has 116 valence electrons. The highest BCUT2D eigenvalue weighted by Crippen LogP contribution is 2.19. The molecule has 1 heterocycles. The number of rotatable bonds is 3. The number of aryl methyl sites for hydroxylation is 1. The number of carbonyl (C=O) groups excluding carboxylic acids is 1. The van der Waals surface area contributed by atoms with Crippen molar-refractivity contribution in [2.75, 3.05) is 0 Å². The van der Waals surface area contributed by atoms with Gasteiger partial charge in [-0.05, 0) is 49.6 Å². The van der Waals surface area contributed by atoms with Crippen LogP contribution in [0.3, 0.4) is 0 Å². The van der Waals surface area contributed by atoms with Gasteiger partial charge in [0.2, 0.25) is 0 Å². The van der Waals surface area contributed by atoms with Gasteiger partial charge in [0.05, 0.1) is 24.0 Å². The Kier molecular flexibility index (Phi) is 4.24. The molecule has 5 nitrogen and oxygen atoms in total. The van der Waals surface area contributed by atoms with Crippen molar-refractivity contribution in [3.63, 3.8) is 0 Å². The topological polar surface area (TPSA) is 67.2 Å². The van der Waals surface area contributed by atoms with E-state index in [9.17, 15) is 9.90 Å². The summed E-state index contributed by atoms with van der Waals surface area (Å²) < 4.78 is 1.78. The fourth-order valence-electron chi connectivity index (χ4n) is 2.85. The molecule has 1 aromatic carbocycles. The molecule has 2 N–H and O–H groups in total. The molecule has 5 heteroatoms. The summed E-state index contributed by atoms with van der Waals surface area (Å²) in [4.78, 5) is 12.3. The van der Waals surface area contributed by atoms with E-state index in [0.29, 0.717) is 5.56 Å². The summed E-state index contributed by atoms with van der Waals surface area (Å²) in [5.74, 6) is -0.130. The molecule has 22 heavy (non-hydrogen) atoms. The largest absolute Gasteiger partial charge is 0.391 e. The summed E-state index contributed by atoms with van der Waals surface area (Å²) in [5.41, 5.74) is 2.61. The molecule has 0 bridgehead atoms. The SMILES string of the molecule is Cc1cnn(-c2ccc(C(=O)NC3CCCCC3O)cc2)c1. The van der Waals surface area contributed by atoms with Gasteiger partial charge < -0.3 is 10.4 Å². The van der Waals surface area contributed by atoms with Crippen LogP contribution in [0.5, 0.6) is 0 Å². The molecule has 1 aliphatic rings. The van der Waals surface area contributed by atoms with Crippen molar-refractivity contribution in [1.82, 2.24) is 15.1 Å². The zero-order chi connectivity index (χ0) is 15.5. The molecule has 1 aliphatic carbocycles. The van der Waals surface area contributed by atoms with Crippen LogP contribution in [-0.4, -0.2) is 32.9 Å². The van der Waals surface area contributed by atoms with Crippen molar-refractivity contribution in [2.24, 2.45) is 0 Å². The number of hydrogen-bond acceptors (Lipinski definition) is 3. The number of aliphatic hydroxyl groups excluding tert-OH is 1. The smallest absolute Gasteiger partial charge is 0.251 e. The lowest BCUT2D eigenvalue weighted by atomic mass is 9.92. The van der Waals surface area contributed by atoms with Crippen LogP contribution in [0.15, 0.2) is 36.7 Å². The first kappa shape index (κ1) is 14.8. The maximum atomic E-state index is 12.3.